The first-order chi connectivity index (χ1) is 12.5. The van der Waals surface area contributed by atoms with Crippen molar-refractivity contribution in [1.29, 1.82) is 0 Å². The minimum Gasteiger partial charge on any atom is -0.494 e. The summed E-state index contributed by atoms with van der Waals surface area (Å²) in [7, 11) is 0. The van der Waals surface area contributed by atoms with Crippen molar-refractivity contribution in [3.8, 4) is 5.75 Å². The molecule has 1 unspecified atom stereocenters. The van der Waals surface area contributed by atoms with Crippen molar-refractivity contribution in [2.24, 2.45) is 0 Å². The summed E-state index contributed by atoms with van der Waals surface area (Å²) in [5.74, 6) is 0.0536. The zero-order valence-electron chi connectivity index (χ0n) is 14.3. The van der Waals surface area contributed by atoms with E-state index in [1.807, 2.05) is 0 Å². The maximum atomic E-state index is 12.8. The van der Waals surface area contributed by atoms with Gasteiger partial charge in [0, 0.05) is 6.42 Å². The van der Waals surface area contributed by atoms with Crippen molar-refractivity contribution >= 4 is 11.9 Å². The number of amides is 1. The molecule has 0 fully saturated rings. The molecular weight excluding hydrogens is 343 g/mol. The van der Waals surface area contributed by atoms with Gasteiger partial charge >= 0.3 is 5.97 Å². The fourth-order valence-corrected chi connectivity index (χ4v) is 2.87. The Morgan fingerprint density at radius 2 is 2.04 bits per heavy atom. The Balaban J connectivity index is 1.56. The largest absolute Gasteiger partial charge is 0.494 e. The van der Waals surface area contributed by atoms with E-state index in [1.54, 1.807) is 11.5 Å². The standard InChI is InChI=1S/C17H19FN4O4/c1-11-19-20-15-10-22(14(17(24)25)9-21(11)15)16(23)3-2-8-26-13-6-4-12(18)5-7-13/h4-7,14H,2-3,8-10H2,1H3,(H,24,25). The molecule has 2 aromatic rings. The number of aryl methyl sites for hydroxylation is 1. The molecule has 1 atom stereocenters. The third-order valence-electron chi connectivity index (χ3n) is 4.28. The molecule has 1 aromatic heterocycles. The van der Waals surface area contributed by atoms with Gasteiger partial charge < -0.3 is 19.3 Å². The number of nitrogens with zero attached hydrogens (tertiary/aromatic N) is 4. The lowest BCUT2D eigenvalue weighted by atomic mass is 10.1. The van der Waals surface area contributed by atoms with E-state index in [0.717, 1.165) is 0 Å². The molecule has 1 N–H and O–H groups in total. The number of aliphatic carboxylic acids is 1. The van der Waals surface area contributed by atoms with Crippen LogP contribution in [0, 0.1) is 12.7 Å². The maximum absolute atomic E-state index is 12.8. The number of benzene rings is 1. The predicted molar refractivity (Wildman–Crippen MR) is 87.9 cm³/mol. The van der Waals surface area contributed by atoms with E-state index in [2.05, 4.69) is 10.2 Å². The van der Waals surface area contributed by atoms with E-state index < -0.39 is 12.0 Å². The molecule has 3 rings (SSSR count). The summed E-state index contributed by atoms with van der Waals surface area (Å²) in [4.78, 5) is 25.4. The summed E-state index contributed by atoms with van der Waals surface area (Å²) in [6.07, 6.45) is 0.572. The van der Waals surface area contributed by atoms with Crippen LogP contribution in [0.5, 0.6) is 5.75 Å². The van der Waals surface area contributed by atoms with Crippen LogP contribution in [0.25, 0.3) is 0 Å². The van der Waals surface area contributed by atoms with Gasteiger partial charge in [-0.1, -0.05) is 0 Å². The molecule has 0 aliphatic carbocycles. The molecule has 1 amide bonds. The van der Waals surface area contributed by atoms with E-state index in [0.29, 0.717) is 23.8 Å². The summed E-state index contributed by atoms with van der Waals surface area (Å²) < 4.78 is 20.0. The fourth-order valence-electron chi connectivity index (χ4n) is 2.87. The summed E-state index contributed by atoms with van der Waals surface area (Å²) in [5.41, 5.74) is 0. The Kier molecular flexibility index (Phi) is 5.15. The van der Waals surface area contributed by atoms with Crippen LogP contribution in [-0.2, 0) is 22.7 Å². The van der Waals surface area contributed by atoms with E-state index in [4.69, 9.17) is 4.74 Å². The monoisotopic (exact) mass is 362 g/mol. The summed E-state index contributed by atoms with van der Waals surface area (Å²) >= 11 is 0. The van der Waals surface area contributed by atoms with Gasteiger partial charge in [0.2, 0.25) is 5.91 Å². The van der Waals surface area contributed by atoms with Gasteiger partial charge in [-0.15, -0.1) is 10.2 Å². The van der Waals surface area contributed by atoms with Gasteiger partial charge in [0.15, 0.2) is 5.82 Å². The van der Waals surface area contributed by atoms with Crippen LogP contribution >= 0.6 is 0 Å². The van der Waals surface area contributed by atoms with Crippen molar-refractivity contribution in [3.63, 3.8) is 0 Å². The molecule has 1 aliphatic heterocycles. The highest BCUT2D eigenvalue weighted by Crippen LogP contribution is 2.19. The molecular formula is C17H19FN4O4. The molecule has 0 bridgehead atoms. The Morgan fingerprint density at radius 3 is 2.73 bits per heavy atom. The number of rotatable bonds is 6. The molecule has 0 saturated heterocycles. The van der Waals surface area contributed by atoms with Gasteiger partial charge in [0.25, 0.3) is 0 Å². The van der Waals surface area contributed by atoms with Gasteiger partial charge in [0.05, 0.1) is 19.7 Å². The van der Waals surface area contributed by atoms with Crippen molar-refractivity contribution in [3.05, 3.63) is 41.7 Å². The lowest BCUT2D eigenvalue weighted by molar-refractivity contribution is -0.152. The second-order valence-electron chi connectivity index (χ2n) is 6.06. The van der Waals surface area contributed by atoms with Crippen LogP contribution in [0.1, 0.15) is 24.5 Å². The molecule has 0 radical (unpaired) electrons. The number of carbonyl (C=O) groups is 2. The van der Waals surface area contributed by atoms with Crippen LogP contribution in [0.3, 0.4) is 0 Å². The highest BCUT2D eigenvalue weighted by atomic mass is 19.1. The number of carboxylic acids is 1. The van der Waals surface area contributed by atoms with Crippen LogP contribution in [0.2, 0.25) is 0 Å². The molecule has 1 aromatic carbocycles. The maximum Gasteiger partial charge on any atom is 0.328 e. The number of hydrogen-bond acceptors (Lipinski definition) is 5. The van der Waals surface area contributed by atoms with E-state index in [9.17, 15) is 19.1 Å². The van der Waals surface area contributed by atoms with E-state index >= 15 is 0 Å². The first-order valence-corrected chi connectivity index (χ1v) is 8.25. The van der Waals surface area contributed by atoms with Crippen LogP contribution in [0.4, 0.5) is 4.39 Å². The lowest BCUT2D eigenvalue weighted by Crippen LogP contribution is -2.50. The molecule has 138 valence electrons. The summed E-state index contributed by atoms with van der Waals surface area (Å²) in [6.45, 7) is 2.29. The average Bonchev–Trinajstić information content (AvgIpc) is 2.99. The molecule has 0 saturated carbocycles. The number of carbonyl (C=O) groups excluding carboxylic acids is 1. The first-order valence-electron chi connectivity index (χ1n) is 8.25. The summed E-state index contributed by atoms with van der Waals surface area (Å²) in [5, 5.41) is 17.4. The minimum atomic E-state index is -1.06. The smallest absolute Gasteiger partial charge is 0.328 e. The molecule has 26 heavy (non-hydrogen) atoms. The normalized spacial score (nSPS) is 16.2. The second kappa shape index (κ2) is 7.51. The number of carboxylic acid groups (broad SMARTS) is 1. The quantitative estimate of drug-likeness (QED) is 0.780. The highest BCUT2D eigenvalue weighted by Gasteiger charge is 2.35. The molecule has 0 spiro atoms. The number of aromatic nitrogens is 3. The zero-order valence-corrected chi connectivity index (χ0v) is 14.3. The Labute approximate surface area is 149 Å². The Morgan fingerprint density at radius 1 is 1.31 bits per heavy atom. The van der Waals surface area contributed by atoms with E-state index in [-0.39, 0.29) is 37.8 Å². The van der Waals surface area contributed by atoms with Gasteiger partial charge in [-0.3, -0.25) is 4.79 Å². The van der Waals surface area contributed by atoms with E-state index in [1.165, 1.54) is 29.2 Å². The molecule has 2 heterocycles. The Bertz CT molecular complexity index is 806. The predicted octanol–water partition coefficient (Wildman–Crippen LogP) is 1.38. The van der Waals surface area contributed by atoms with Crippen molar-refractivity contribution in [2.75, 3.05) is 6.61 Å². The van der Waals surface area contributed by atoms with Gasteiger partial charge in [-0.2, -0.15) is 0 Å². The van der Waals surface area contributed by atoms with Crippen LogP contribution in [-0.4, -0.2) is 49.3 Å². The SMILES string of the molecule is Cc1nnc2n1CC(C(=O)O)N(C(=O)CCCOc1ccc(F)cc1)C2. The molecule has 8 nitrogen and oxygen atoms in total. The fraction of sp³-hybridized carbons (Fsp3) is 0.412. The Hall–Kier alpha value is -2.97. The first kappa shape index (κ1) is 17.8. The van der Waals surface area contributed by atoms with Gasteiger partial charge in [-0.25, -0.2) is 9.18 Å². The number of hydrogen-bond donors (Lipinski definition) is 1. The van der Waals surface area contributed by atoms with Gasteiger partial charge in [-0.05, 0) is 37.6 Å². The summed E-state index contributed by atoms with van der Waals surface area (Å²) in [6, 6.07) is 4.67. The molecule has 9 heteroatoms. The lowest BCUT2D eigenvalue weighted by Gasteiger charge is -2.33. The van der Waals surface area contributed by atoms with Crippen molar-refractivity contribution < 1.29 is 23.8 Å². The number of halogens is 1. The van der Waals surface area contributed by atoms with Crippen LogP contribution in [0.15, 0.2) is 24.3 Å². The van der Waals surface area contributed by atoms with Crippen molar-refractivity contribution in [2.45, 2.75) is 38.9 Å². The third-order valence-corrected chi connectivity index (χ3v) is 4.28. The minimum absolute atomic E-state index is 0.120. The average molecular weight is 362 g/mol. The molecule has 1 aliphatic rings. The van der Waals surface area contributed by atoms with Crippen LogP contribution < -0.4 is 4.74 Å². The van der Waals surface area contributed by atoms with Gasteiger partial charge in [0.1, 0.15) is 23.4 Å². The topological polar surface area (TPSA) is 97.5 Å². The number of fused-ring (bicyclic) bond motifs is 1. The highest BCUT2D eigenvalue weighted by molar-refractivity contribution is 5.83. The van der Waals surface area contributed by atoms with Crippen molar-refractivity contribution in [1.82, 2.24) is 19.7 Å². The second-order valence-corrected chi connectivity index (χ2v) is 6.06. The zero-order chi connectivity index (χ0) is 18.7. The number of ether oxygens (including phenoxy) is 1. The third kappa shape index (κ3) is 3.81.